The van der Waals surface area contributed by atoms with Gasteiger partial charge in [-0.25, -0.2) is 13.3 Å². The molecule has 2 heterocycles. The molecule has 4 aromatic rings. The van der Waals surface area contributed by atoms with Crippen molar-refractivity contribution in [2.24, 2.45) is 0 Å². The van der Waals surface area contributed by atoms with E-state index in [0.717, 1.165) is 15.1 Å². The Morgan fingerprint density at radius 1 is 0.880 bits per heavy atom. The van der Waals surface area contributed by atoms with E-state index in [1.54, 1.807) is 0 Å². The molecule has 0 bridgehead atoms. The van der Waals surface area contributed by atoms with Gasteiger partial charge in [-0.3, -0.25) is 0 Å². The SMILES string of the molecule is FSn1c(Cl)cc2nc(-c3ccc(-c4ccccc4)cc3)c(F)cc21. The van der Waals surface area contributed by atoms with E-state index in [2.05, 4.69) is 4.98 Å². The van der Waals surface area contributed by atoms with E-state index in [9.17, 15) is 8.28 Å². The van der Waals surface area contributed by atoms with Crippen molar-refractivity contribution >= 4 is 35.0 Å². The summed E-state index contributed by atoms with van der Waals surface area (Å²) in [5, 5.41) is 0.158. The molecule has 0 aliphatic heterocycles. The lowest BCUT2D eigenvalue weighted by Crippen LogP contribution is -1.92. The number of halogens is 3. The first kappa shape index (κ1) is 16.1. The van der Waals surface area contributed by atoms with Gasteiger partial charge < -0.3 is 0 Å². The Kier molecular flexibility index (Phi) is 4.19. The largest absolute Gasteiger partial charge is 0.244 e. The van der Waals surface area contributed by atoms with Crippen LogP contribution >= 0.6 is 23.9 Å². The van der Waals surface area contributed by atoms with Crippen molar-refractivity contribution in [1.82, 2.24) is 8.96 Å². The molecule has 2 nitrogen and oxygen atoms in total. The van der Waals surface area contributed by atoms with Gasteiger partial charge in [-0.2, -0.15) is 0 Å². The van der Waals surface area contributed by atoms with Crippen LogP contribution in [0.5, 0.6) is 0 Å². The van der Waals surface area contributed by atoms with Crippen LogP contribution in [-0.2, 0) is 0 Å². The third-order valence-electron chi connectivity index (χ3n) is 3.99. The molecule has 25 heavy (non-hydrogen) atoms. The molecule has 0 aliphatic rings. The molecule has 0 unspecified atom stereocenters. The smallest absolute Gasteiger partial charge is 0.171 e. The monoisotopic (exact) mass is 372 g/mol. The number of fused-ring (bicyclic) bond motifs is 1. The van der Waals surface area contributed by atoms with Gasteiger partial charge in [-0.15, -0.1) is 3.89 Å². The van der Waals surface area contributed by atoms with Gasteiger partial charge in [-0.1, -0.05) is 66.2 Å². The van der Waals surface area contributed by atoms with Crippen LogP contribution in [-0.4, -0.2) is 8.96 Å². The molecule has 0 N–H and O–H groups in total. The minimum Gasteiger partial charge on any atom is -0.244 e. The molecule has 4 rings (SSSR count). The van der Waals surface area contributed by atoms with Gasteiger partial charge in [0.1, 0.15) is 10.8 Å². The topological polar surface area (TPSA) is 17.8 Å². The molecule has 2 aromatic heterocycles. The lowest BCUT2D eigenvalue weighted by atomic mass is 10.0. The summed E-state index contributed by atoms with van der Waals surface area (Å²) in [5.41, 5.74) is 3.73. The molecule has 0 fully saturated rings. The third kappa shape index (κ3) is 2.90. The fourth-order valence-corrected chi connectivity index (χ4v) is 3.38. The molecule has 0 spiro atoms. The summed E-state index contributed by atoms with van der Waals surface area (Å²) in [7, 11) is 0. The first-order chi connectivity index (χ1) is 12.2. The summed E-state index contributed by atoms with van der Waals surface area (Å²) in [5.74, 6) is -0.523. The zero-order chi connectivity index (χ0) is 17.4. The fourth-order valence-electron chi connectivity index (χ4n) is 2.77. The van der Waals surface area contributed by atoms with Gasteiger partial charge in [0.15, 0.2) is 18.2 Å². The normalized spacial score (nSPS) is 11.2. The van der Waals surface area contributed by atoms with Crippen LogP contribution < -0.4 is 0 Å². The highest BCUT2D eigenvalue weighted by Crippen LogP contribution is 2.32. The number of pyridine rings is 1. The highest BCUT2D eigenvalue weighted by molar-refractivity contribution is 7.93. The minimum atomic E-state index is -0.523. The average molecular weight is 373 g/mol. The Hall–Kier alpha value is -2.37. The number of benzene rings is 2. The first-order valence-corrected chi connectivity index (χ1v) is 8.55. The van der Waals surface area contributed by atoms with E-state index >= 15 is 0 Å². The van der Waals surface area contributed by atoms with Crippen LogP contribution in [0.4, 0.5) is 8.28 Å². The highest BCUT2D eigenvalue weighted by atomic mass is 35.5. The Morgan fingerprint density at radius 3 is 2.20 bits per heavy atom. The van der Waals surface area contributed by atoms with E-state index in [1.807, 2.05) is 54.6 Å². The predicted molar refractivity (Wildman–Crippen MR) is 99.7 cm³/mol. The standard InChI is InChI=1S/C19H11ClF2N2S/c20-18-11-16-17(24(18)25-22)10-15(21)19(23-16)14-8-6-13(7-9-14)12-4-2-1-3-5-12/h1-11H. The van der Waals surface area contributed by atoms with E-state index in [0.29, 0.717) is 16.6 Å². The van der Waals surface area contributed by atoms with E-state index in [4.69, 9.17) is 11.6 Å². The lowest BCUT2D eigenvalue weighted by Gasteiger charge is -2.06. The van der Waals surface area contributed by atoms with Crippen LogP contribution in [0.25, 0.3) is 33.4 Å². The number of nitrogens with zero attached hydrogens (tertiary/aromatic N) is 2. The third-order valence-corrected chi connectivity index (χ3v) is 4.90. The van der Waals surface area contributed by atoms with Crippen LogP contribution in [0.15, 0.2) is 66.7 Å². The molecule has 0 saturated heterocycles. The molecule has 124 valence electrons. The molecule has 0 aliphatic carbocycles. The summed E-state index contributed by atoms with van der Waals surface area (Å²) in [6, 6.07) is 20.2. The maximum Gasteiger partial charge on any atom is 0.171 e. The van der Waals surface area contributed by atoms with Crippen LogP contribution in [0, 0.1) is 5.82 Å². The molecule has 6 heteroatoms. The van der Waals surface area contributed by atoms with Crippen LogP contribution in [0.1, 0.15) is 0 Å². The Morgan fingerprint density at radius 2 is 1.52 bits per heavy atom. The molecule has 0 radical (unpaired) electrons. The maximum atomic E-state index is 14.5. The summed E-state index contributed by atoms with van der Waals surface area (Å²) in [4.78, 5) is 4.32. The number of hydrogen-bond acceptors (Lipinski definition) is 2. The summed E-state index contributed by atoms with van der Waals surface area (Å²) < 4.78 is 28.6. The lowest BCUT2D eigenvalue weighted by molar-refractivity contribution is 0.628. The summed E-state index contributed by atoms with van der Waals surface area (Å²) in [6.07, 6.45) is 0. The van der Waals surface area contributed by atoms with E-state index in [-0.39, 0.29) is 23.2 Å². The molecular weight excluding hydrogens is 362 g/mol. The molecule has 2 aromatic carbocycles. The zero-order valence-corrected chi connectivity index (χ0v) is 14.4. The fraction of sp³-hybridized carbons (Fsp3) is 0. The highest BCUT2D eigenvalue weighted by Gasteiger charge is 2.15. The van der Waals surface area contributed by atoms with Gasteiger partial charge >= 0.3 is 0 Å². The molecular formula is C19H11ClF2N2S. The van der Waals surface area contributed by atoms with Gasteiger partial charge in [0.25, 0.3) is 0 Å². The van der Waals surface area contributed by atoms with Crippen LogP contribution in [0.3, 0.4) is 0 Å². The second kappa shape index (κ2) is 6.50. The Balaban J connectivity index is 1.78. The predicted octanol–water partition coefficient (Wildman–Crippen LogP) is 6.54. The molecule has 0 atom stereocenters. The van der Waals surface area contributed by atoms with Crippen molar-refractivity contribution in [3.8, 4) is 22.4 Å². The van der Waals surface area contributed by atoms with E-state index in [1.165, 1.54) is 12.1 Å². The summed E-state index contributed by atoms with van der Waals surface area (Å²) in [6.45, 7) is 0. The van der Waals surface area contributed by atoms with Crippen molar-refractivity contribution in [3.63, 3.8) is 0 Å². The van der Waals surface area contributed by atoms with Crippen molar-refractivity contribution in [2.45, 2.75) is 0 Å². The Labute approximate surface area is 152 Å². The average Bonchev–Trinajstić information content (AvgIpc) is 2.96. The van der Waals surface area contributed by atoms with Gasteiger partial charge in [0, 0.05) is 17.7 Å². The van der Waals surface area contributed by atoms with E-state index < -0.39 is 5.82 Å². The van der Waals surface area contributed by atoms with Crippen molar-refractivity contribution < 1.29 is 8.28 Å². The van der Waals surface area contributed by atoms with Gasteiger partial charge in [0.2, 0.25) is 0 Å². The summed E-state index contributed by atoms with van der Waals surface area (Å²) >= 11 is 5.87. The van der Waals surface area contributed by atoms with Crippen molar-refractivity contribution in [1.29, 1.82) is 0 Å². The second-order valence-electron chi connectivity index (χ2n) is 5.50. The van der Waals surface area contributed by atoms with Crippen molar-refractivity contribution in [2.75, 3.05) is 0 Å². The molecule has 0 amide bonds. The van der Waals surface area contributed by atoms with Gasteiger partial charge in [0.05, 0.1) is 11.0 Å². The number of rotatable bonds is 3. The maximum absolute atomic E-state index is 14.5. The van der Waals surface area contributed by atoms with Gasteiger partial charge in [-0.05, 0) is 11.1 Å². The number of aromatic nitrogens is 2. The minimum absolute atomic E-state index is 0.0804. The number of hydrogen-bond donors (Lipinski definition) is 0. The first-order valence-electron chi connectivity index (χ1n) is 7.50. The Bertz CT molecular complexity index is 1050. The van der Waals surface area contributed by atoms with Crippen LogP contribution in [0.2, 0.25) is 5.15 Å². The second-order valence-corrected chi connectivity index (χ2v) is 6.39. The van der Waals surface area contributed by atoms with Crippen molar-refractivity contribution in [3.05, 3.63) is 77.7 Å². The quantitative estimate of drug-likeness (QED) is 0.406. The zero-order valence-electron chi connectivity index (χ0n) is 12.8. The molecule has 0 saturated carbocycles.